The maximum absolute atomic E-state index is 12.6. The lowest BCUT2D eigenvalue weighted by Crippen LogP contribution is -2.21. The Hall–Kier alpha value is -4.06. The molecule has 2 heterocycles. The first-order valence-corrected chi connectivity index (χ1v) is 11.2. The number of pyridine rings is 1. The number of methoxy groups -OCH3 is 1. The van der Waals surface area contributed by atoms with E-state index in [1.54, 1.807) is 25.6 Å². The molecule has 0 aliphatic carbocycles. The minimum absolute atomic E-state index is 0.194. The number of carbonyl (C=O) groups is 1. The molecule has 6 nitrogen and oxygen atoms in total. The number of benzene rings is 2. The zero-order valence-electron chi connectivity index (χ0n) is 19.8. The van der Waals surface area contributed by atoms with E-state index in [0.29, 0.717) is 18.9 Å². The molecule has 4 rings (SSSR count). The molecule has 0 atom stereocenters. The van der Waals surface area contributed by atoms with Crippen LogP contribution in [-0.2, 0) is 11.3 Å². The molecule has 0 saturated heterocycles. The summed E-state index contributed by atoms with van der Waals surface area (Å²) in [7, 11) is 1.65. The average Bonchev–Trinajstić information content (AvgIpc) is 3.29. The molecule has 174 valence electrons. The minimum atomic E-state index is -0.194. The van der Waals surface area contributed by atoms with Gasteiger partial charge in [0.1, 0.15) is 17.1 Å². The van der Waals surface area contributed by atoms with Crippen molar-refractivity contribution in [3.8, 4) is 22.6 Å². The molecule has 0 radical (unpaired) electrons. The first-order chi connectivity index (χ1) is 16.5. The summed E-state index contributed by atoms with van der Waals surface area (Å²) in [6.07, 6.45) is 5.04. The van der Waals surface area contributed by atoms with E-state index in [0.717, 1.165) is 50.2 Å². The number of carbonyl (C=O) groups excluding carboxylic acids is 1. The van der Waals surface area contributed by atoms with Crippen LogP contribution in [0.1, 0.15) is 30.7 Å². The predicted octanol–water partition coefficient (Wildman–Crippen LogP) is 5.93. The summed E-state index contributed by atoms with van der Waals surface area (Å²) in [5.41, 5.74) is 5.93. The number of hydrogen-bond acceptors (Lipinski definition) is 5. The normalized spacial score (nSPS) is 11.5. The second kappa shape index (κ2) is 10.3. The van der Waals surface area contributed by atoms with Gasteiger partial charge >= 0.3 is 0 Å². The second-order valence-electron chi connectivity index (χ2n) is 7.90. The van der Waals surface area contributed by atoms with Gasteiger partial charge in [-0.3, -0.25) is 9.78 Å². The molecule has 2 aromatic carbocycles. The van der Waals surface area contributed by atoms with Gasteiger partial charge in [-0.2, -0.15) is 0 Å². The van der Waals surface area contributed by atoms with Crippen LogP contribution in [0.2, 0.25) is 0 Å². The number of fused-ring (bicyclic) bond motifs is 1. The molecule has 0 spiro atoms. The number of nitrogens with one attached hydrogen (secondary N) is 1. The lowest BCUT2D eigenvalue weighted by Gasteiger charge is -2.15. The highest BCUT2D eigenvalue weighted by Gasteiger charge is 2.20. The lowest BCUT2D eigenvalue weighted by molar-refractivity contribution is -0.116. The van der Waals surface area contributed by atoms with Crippen molar-refractivity contribution in [1.82, 2.24) is 10.3 Å². The molecule has 34 heavy (non-hydrogen) atoms. The SMILES string of the molecule is CCOc1c(/C(C)=C/C(=O)NCc2ccccn2)cc2c(-c3ccccc3OC)coc2c1C. The monoisotopic (exact) mass is 456 g/mol. The Morgan fingerprint density at radius 2 is 1.94 bits per heavy atom. The zero-order chi connectivity index (χ0) is 24.1. The Kier molecular flexibility index (Phi) is 6.97. The van der Waals surface area contributed by atoms with E-state index >= 15 is 0 Å². The number of ether oxygens (including phenoxy) is 2. The predicted molar refractivity (Wildman–Crippen MR) is 134 cm³/mol. The summed E-state index contributed by atoms with van der Waals surface area (Å²) in [5, 5.41) is 3.83. The van der Waals surface area contributed by atoms with E-state index in [1.165, 1.54) is 0 Å². The van der Waals surface area contributed by atoms with Gasteiger partial charge in [0.2, 0.25) is 5.91 Å². The molecule has 0 fully saturated rings. The Labute approximate surface area is 199 Å². The maximum Gasteiger partial charge on any atom is 0.244 e. The first kappa shape index (κ1) is 23.1. The third-order valence-electron chi connectivity index (χ3n) is 5.67. The van der Waals surface area contributed by atoms with Crippen molar-refractivity contribution in [3.63, 3.8) is 0 Å². The maximum atomic E-state index is 12.6. The Balaban J connectivity index is 1.75. The number of para-hydroxylation sites is 1. The summed E-state index contributed by atoms with van der Waals surface area (Å²) in [5.74, 6) is 1.28. The molecule has 1 amide bonds. The van der Waals surface area contributed by atoms with Crippen molar-refractivity contribution in [2.24, 2.45) is 0 Å². The molecule has 0 saturated carbocycles. The summed E-state index contributed by atoms with van der Waals surface area (Å²) in [4.78, 5) is 16.9. The van der Waals surface area contributed by atoms with E-state index in [2.05, 4.69) is 10.3 Å². The summed E-state index contributed by atoms with van der Waals surface area (Å²) in [6.45, 7) is 6.68. The van der Waals surface area contributed by atoms with Crippen LogP contribution in [0.3, 0.4) is 0 Å². The summed E-state index contributed by atoms with van der Waals surface area (Å²) in [6, 6.07) is 15.5. The number of amides is 1. The van der Waals surface area contributed by atoms with E-state index in [1.807, 2.05) is 69.3 Å². The second-order valence-corrected chi connectivity index (χ2v) is 7.90. The van der Waals surface area contributed by atoms with E-state index in [4.69, 9.17) is 13.9 Å². The highest BCUT2D eigenvalue weighted by Crippen LogP contribution is 2.42. The van der Waals surface area contributed by atoms with Gasteiger partial charge in [0, 0.05) is 39.9 Å². The minimum Gasteiger partial charge on any atom is -0.496 e. The van der Waals surface area contributed by atoms with Crippen LogP contribution in [0, 0.1) is 6.92 Å². The Bertz CT molecular complexity index is 1340. The summed E-state index contributed by atoms with van der Waals surface area (Å²) >= 11 is 0. The average molecular weight is 457 g/mol. The van der Waals surface area contributed by atoms with Crippen LogP contribution >= 0.6 is 0 Å². The molecule has 0 aliphatic rings. The van der Waals surface area contributed by atoms with Gasteiger partial charge in [-0.25, -0.2) is 0 Å². The topological polar surface area (TPSA) is 73.6 Å². The van der Waals surface area contributed by atoms with E-state index in [-0.39, 0.29) is 5.91 Å². The van der Waals surface area contributed by atoms with Crippen molar-refractivity contribution in [1.29, 1.82) is 0 Å². The molecular formula is C28H28N2O4. The van der Waals surface area contributed by atoms with Gasteiger partial charge in [0.05, 0.1) is 32.2 Å². The quantitative estimate of drug-likeness (QED) is 0.333. The zero-order valence-corrected chi connectivity index (χ0v) is 19.8. The largest absolute Gasteiger partial charge is 0.496 e. The fraction of sp³-hybridized carbons (Fsp3) is 0.214. The number of aromatic nitrogens is 1. The number of aryl methyl sites for hydroxylation is 1. The number of rotatable bonds is 8. The first-order valence-electron chi connectivity index (χ1n) is 11.2. The molecule has 0 bridgehead atoms. The van der Waals surface area contributed by atoms with Crippen LogP contribution in [0.5, 0.6) is 11.5 Å². The van der Waals surface area contributed by atoms with Gasteiger partial charge in [0.25, 0.3) is 0 Å². The fourth-order valence-corrected chi connectivity index (χ4v) is 4.02. The van der Waals surface area contributed by atoms with Crippen LogP contribution in [-0.4, -0.2) is 24.6 Å². The smallest absolute Gasteiger partial charge is 0.244 e. The van der Waals surface area contributed by atoms with Gasteiger partial charge in [-0.15, -0.1) is 0 Å². The summed E-state index contributed by atoms with van der Waals surface area (Å²) < 4.78 is 17.6. The molecule has 0 aliphatic heterocycles. The van der Waals surface area contributed by atoms with Gasteiger partial charge < -0.3 is 19.2 Å². The van der Waals surface area contributed by atoms with Crippen molar-refractivity contribution in [3.05, 3.63) is 83.9 Å². The number of hydrogen-bond donors (Lipinski definition) is 1. The third kappa shape index (κ3) is 4.66. The molecule has 6 heteroatoms. The van der Waals surface area contributed by atoms with E-state index in [9.17, 15) is 4.79 Å². The van der Waals surface area contributed by atoms with Crippen molar-refractivity contribution in [2.45, 2.75) is 27.3 Å². The molecule has 1 N–H and O–H groups in total. The number of allylic oxidation sites excluding steroid dienone is 1. The van der Waals surface area contributed by atoms with Crippen molar-refractivity contribution < 1.29 is 18.7 Å². The lowest BCUT2D eigenvalue weighted by atomic mass is 9.96. The van der Waals surface area contributed by atoms with Gasteiger partial charge in [0.15, 0.2) is 0 Å². The van der Waals surface area contributed by atoms with Gasteiger partial charge in [-0.1, -0.05) is 24.3 Å². The third-order valence-corrected chi connectivity index (χ3v) is 5.67. The van der Waals surface area contributed by atoms with E-state index < -0.39 is 0 Å². The number of nitrogens with zero attached hydrogens (tertiary/aromatic N) is 1. The Morgan fingerprint density at radius 3 is 2.68 bits per heavy atom. The van der Waals surface area contributed by atoms with Crippen LogP contribution in [0.25, 0.3) is 27.7 Å². The fourth-order valence-electron chi connectivity index (χ4n) is 4.02. The standard InChI is InChI=1S/C28H28N2O4/c1-5-33-27-19(3)28-23(24(17-34-28)21-11-6-7-12-25(21)32-4)15-22(27)18(2)14-26(31)30-16-20-10-8-9-13-29-20/h6-15,17H,5,16H2,1-4H3,(H,30,31)/b18-14+. The van der Waals surface area contributed by atoms with Crippen LogP contribution in [0.15, 0.2) is 71.5 Å². The molecule has 2 aromatic heterocycles. The highest BCUT2D eigenvalue weighted by atomic mass is 16.5. The molecule has 4 aromatic rings. The van der Waals surface area contributed by atoms with Crippen LogP contribution in [0.4, 0.5) is 0 Å². The highest BCUT2D eigenvalue weighted by molar-refractivity contribution is 6.02. The van der Waals surface area contributed by atoms with Crippen molar-refractivity contribution >= 4 is 22.4 Å². The molecular weight excluding hydrogens is 428 g/mol. The Morgan fingerprint density at radius 1 is 1.15 bits per heavy atom. The molecule has 0 unspecified atom stereocenters. The van der Waals surface area contributed by atoms with Crippen LogP contribution < -0.4 is 14.8 Å². The number of furan rings is 1. The van der Waals surface area contributed by atoms with Crippen molar-refractivity contribution in [2.75, 3.05) is 13.7 Å². The van der Waals surface area contributed by atoms with Gasteiger partial charge in [-0.05, 0) is 50.6 Å².